The average molecular weight is 546 g/mol. The van der Waals surface area contributed by atoms with Crippen molar-refractivity contribution >= 4 is 22.7 Å². The van der Waals surface area contributed by atoms with E-state index in [0.717, 1.165) is 6.42 Å². The van der Waals surface area contributed by atoms with Gasteiger partial charge in [-0.3, -0.25) is 9.36 Å². The van der Waals surface area contributed by atoms with E-state index in [9.17, 15) is 10.1 Å². The minimum Gasteiger partial charge on any atom is -0.464 e. The minimum absolute atomic E-state index is 0.0938. The van der Waals surface area contributed by atoms with E-state index in [2.05, 4.69) is 26.0 Å². The van der Waals surface area contributed by atoms with Gasteiger partial charge in [-0.05, 0) is 50.5 Å². The molecule has 1 saturated heterocycles. The molecule has 204 valence electrons. The third-order valence-electron chi connectivity index (χ3n) is 7.17. The molecule has 1 aliphatic heterocycles. The zero-order valence-electron chi connectivity index (χ0n) is 22.7. The maximum Gasteiger partial charge on any atom is 0.316 e. The van der Waals surface area contributed by atoms with Crippen LogP contribution in [-0.2, 0) is 0 Å². The summed E-state index contributed by atoms with van der Waals surface area (Å²) in [6.07, 6.45) is 4.84. The molecule has 2 aromatic carbocycles. The first kappa shape index (κ1) is 25.9. The van der Waals surface area contributed by atoms with Crippen molar-refractivity contribution in [3.63, 3.8) is 0 Å². The molecular formula is C30H27N9O2. The van der Waals surface area contributed by atoms with E-state index in [1.165, 1.54) is 0 Å². The summed E-state index contributed by atoms with van der Waals surface area (Å²) in [5, 5.41) is 10.4. The second-order valence-electron chi connectivity index (χ2n) is 9.66. The number of nitrogens with zero attached hydrogens (tertiary/aromatic N) is 8. The highest BCUT2D eigenvalue weighted by Gasteiger charge is 2.34. The number of nitrogen functional groups attached to an aromatic ring is 1. The molecule has 0 aliphatic carbocycles. The molecule has 1 aliphatic rings. The lowest BCUT2D eigenvalue weighted by Crippen LogP contribution is -2.32. The molecule has 0 radical (unpaired) electrons. The monoisotopic (exact) mass is 545 g/mol. The molecule has 1 atom stereocenters. The lowest BCUT2D eigenvalue weighted by molar-refractivity contribution is 0.312. The van der Waals surface area contributed by atoms with Gasteiger partial charge in [-0.15, -0.1) is 0 Å². The predicted molar refractivity (Wildman–Crippen MR) is 155 cm³/mol. The fourth-order valence-corrected chi connectivity index (χ4v) is 5.40. The number of aryl methyl sites for hydroxylation is 1. The van der Waals surface area contributed by atoms with Gasteiger partial charge in [0.05, 0.1) is 34.9 Å². The van der Waals surface area contributed by atoms with Crippen LogP contribution in [0.1, 0.15) is 42.9 Å². The fourth-order valence-electron chi connectivity index (χ4n) is 5.40. The van der Waals surface area contributed by atoms with E-state index in [4.69, 9.17) is 15.5 Å². The van der Waals surface area contributed by atoms with Gasteiger partial charge < -0.3 is 15.4 Å². The summed E-state index contributed by atoms with van der Waals surface area (Å²) < 4.78 is 7.05. The van der Waals surface area contributed by atoms with E-state index < -0.39 is 0 Å². The largest absolute Gasteiger partial charge is 0.464 e. The van der Waals surface area contributed by atoms with Crippen molar-refractivity contribution in [1.82, 2.24) is 29.5 Å². The molecule has 5 aromatic rings. The number of ether oxygens (including phenoxy) is 1. The second-order valence-corrected chi connectivity index (χ2v) is 9.66. The lowest BCUT2D eigenvalue weighted by Gasteiger charge is -2.28. The number of anilines is 2. The van der Waals surface area contributed by atoms with Crippen molar-refractivity contribution in [2.24, 2.45) is 0 Å². The Morgan fingerprint density at radius 1 is 1.07 bits per heavy atom. The topological polar surface area (TPSA) is 149 Å². The highest BCUT2D eigenvalue weighted by molar-refractivity contribution is 5.94. The van der Waals surface area contributed by atoms with Gasteiger partial charge in [0, 0.05) is 24.5 Å². The number of nitriles is 1. The molecule has 11 nitrogen and oxygen atoms in total. The van der Waals surface area contributed by atoms with Crippen LogP contribution in [0.4, 0.5) is 11.8 Å². The number of nitrogens with two attached hydrogens (primary N) is 1. The molecule has 0 saturated carbocycles. The Labute approximate surface area is 235 Å². The van der Waals surface area contributed by atoms with Crippen LogP contribution >= 0.6 is 0 Å². The van der Waals surface area contributed by atoms with Gasteiger partial charge >= 0.3 is 6.01 Å². The summed E-state index contributed by atoms with van der Waals surface area (Å²) in [5.41, 5.74) is 9.25. The Balaban J connectivity index is 1.58. The second kappa shape index (κ2) is 10.7. The molecule has 0 bridgehead atoms. The Morgan fingerprint density at radius 2 is 1.85 bits per heavy atom. The minimum atomic E-state index is -0.328. The van der Waals surface area contributed by atoms with Gasteiger partial charge in [-0.2, -0.15) is 10.2 Å². The summed E-state index contributed by atoms with van der Waals surface area (Å²) in [5.74, 6) is 1.11. The first-order valence-electron chi connectivity index (χ1n) is 13.4. The third kappa shape index (κ3) is 4.59. The maximum absolute atomic E-state index is 14.5. The number of hydrogen-bond acceptors (Lipinski definition) is 10. The van der Waals surface area contributed by atoms with E-state index in [0.29, 0.717) is 70.2 Å². The quantitative estimate of drug-likeness (QED) is 0.330. The Kier molecular flexibility index (Phi) is 6.73. The van der Waals surface area contributed by atoms with Crippen LogP contribution in [0.15, 0.2) is 65.7 Å². The van der Waals surface area contributed by atoms with Crippen LogP contribution in [0.3, 0.4) is 0 Å². The Morgan fingerprint density at radius 3 is 2.59 bits per heavy atom. The molecule has 3 aromatic heterocycles. The van der Waals surface area contributed by atoms with E-state index in [1.807, 2.05) is 60.4 Å². The fraction of sp³-hybridized carbons (Fsp3) is 0.233. The lowest BCUT2D eigenvalue weighted by atomic mass is 10.0. The van der Waals surface area contributed by atoms with E-state index in [1.54, 1.807) is 23.9 Å². The number of fused-ring (bicyclic) bond motifs is 1. The van der Waals surface area contributed by atoms with Crippen LogP contribution < -0.4 is 20.9 Å². The number of rotatable bonds is 6. The van der Waals surface area contributed by atoms with Gasteiger partial charge in [-0.25, -0.2) is 19.9 Å². The van der Waals surface area contributed by atoms with Crippen LogP contribution in [0.25, 0.3) is 27.7 Å². The maximum atomic E-state index is 14.5. The summed E-state index contributed by atoms with van der Waals surface area (Å²) in [7, 11) is 0. The highest BCUT2D eigenvalue weighted by Crippen LogP contribution is 2.38. The molecule has 4 heterocycles. The number of benzene rings is 2. The first-order chi connectivity index (χ1) is 20.0. The van der Waals surface area contributed by atoms with Crippen molar-refractivity contribution in [2.75, 3.05) is 23.8 Å². The average Bonchev–Trinajstić information content (AvgIpc) is 3.47. The predicted octanol–water partition coefficient (Wildman–Crippen LogP) is 4.14. The summed E-state index contributed by atoms with van der Waals surface area (Å²) in [6, 6.07) is 17.2. The molecule has 2 N–H and O–H groups in total. The van der Waals surface area contributed by atoms with E-state index >= 15 is 0 Å². The summed E-state index contributed by atoms with van der Waals surface area (Å²) >= 11 is 0. The Bertz CT molecular complexity index is 1850. The van der Waals surface area contributed by atoms with Crippen LogP contribution in [0.2, 0.25) is 0 Å². The molecule has 1 fully saturated rings. The molecular weight excluding hydrogens is 518 g/mol. The van der Waals surface area contributed by atoms with Crippen LogP contribution in [0.5, 0.6) is 6.01 Å². The van der Waals surface area contributed by atoms with Gasteiger partial charge in [0.1, 0.15) is 17.5 Å². The Hall–Kier alpha value is -5.37. The molecule has 0 amide bonds. The number of aromatic nitrogens is 6. The molecule has 11 heteroatoms. The van der Waals surface area contributed by atoms with E-state index in [-0.39, 0.29) is 23.6 Å². The van der Waals surface area contributed by atoms with Crippen LogP contribution in [-0.4, -0.2) is 42.6 Å². The zero-order chi connectivity index (χ0) is 28.5. The standard InChI is InChI=1S/C30H27N9O2/c1-3-41-30-33-16-19(17-34-30)21-11-7-12-23-25(21)28(40)39(20-9-5-4-6-10-20)27(36-23)24-13-8-14-38(24)26-22(15-31)18(2)35-29(32)37-26/h4-7,9-12,16-17,24H,3,8,13-14H2,1-2H3,(H2,32,35,37)/t24-/m0/s1. The van der Waals surface area contributed by atoms with Crippen LogP contribution in [0, 0.1) is 18.3 Å². The van der Waals surface area contributed by atoms with Crippen molar-refractivity contribution in [3.05, 3.63) is 88.4 Å². The molecule has 0 spiro atoms. The van der Waals surface area contributed by atoms with Gasteiger partial charge in [0.25, 0.3) is 5.56 Å². The normalized spacial score (nSPS) is 14.8. The SMILES string of the molecule is CCOc1ncc(-c2cccc3nc([C@@H]4CCCN4c4nc(N)nc(C)c4C#N)n(-c4ccccc4)c(=O)c23)cn1. The summed E-state index contributed by atoms with van der Waals surface area (Å²) in [6.45, 7) is 4.69. The van der Waals surface area contributed by atoms with Crippen molar-refractivity contribution in [2.45, 2.75) is 32.7 Å². The van der Waals surface area contributed by atoms with Gasteiger partial charge in [0.2, 0.25) is 5.95 Å². The number of para-hydroxylation sites is 1. The van der Waals surface area contributed by atoms with Gasteiger partial charge in [0.15, 0.2) is 5.82 Å². The third-order valence-corrected chi connectivity index (χ3v) is 7.17. The van der Waals surface area contributed by atoms with Crippen molar-refractivity contribution < 1.29 is 4.74 Å². The summed E-state index contributed by atoms with van der Waals surface area (Å²) in [4.78, 5) is 38.8. The highest BCUT2D eigenvalue weighted by atomic mass is 16.5. The molecule has 0 unspecified atom stereocenters. The first-order valence-corrected chi connectivity index (χ1v) is 13.4. The smallest absolute Gasteiger partial charge is 0.316 e. The zero-order valence-corrected chi connectivity index (χ0v) is 22.7. The van der Waals surface area contributed by atoms with Crippen molar-refractivity contribution in [1.29, 1.82) is 5.26 Å². The molecule has 41 heavy (non-hydrogen) atoms. The van der Waals surface area contributed by atoms with Gasteiger partial charge in [-0.1, -0.05) is 30.3 Å². The number of hydrogen-bond donors (Lipinski definition) is 1. The van der Waals surface area contributed by atoms with Crippen molar-refractivity contribution in [3.8, 4) is 28.9 Å². The molecule has 6 rings (SSSR count).